The fourth-order valence-corrected chi connectivity index (χ4v) is 25.6. The molecule has 0 radical (unpaired) electrons. The van der Waals surface area contributed by atoms with Gasteiger partial charge in [0.25, 0.3) is 0 Å². The van der Waals surface area contributed by atoms with Gasteiger partial charge in [0.15, 0.2) is 0 Å². The van der Waals surface area contributed by atoms with E-state index in [1.807, 2.05) is 0 Å². The van der Waals surface area contributed by atoms with Gasteiger partial charge in [0.2, 0.25) is 0 Å². The number of hydrogen-bond donors (Lipinski definition) is 0. The third-order valence-electron chi connectivity index (χ3n) is 3.36. The zero-order valence-corrected chi connectivity index (χ0v) is 16.8. The molecule has 0 aliphatic heterocycles. The van der Waals surface area contributed by atoms with Gasteiger partial charge in [0.1, 0.15) is 0 Å². The second-order valence-corrected chi connectivity index (χ2v) is 23.9. The van der Waals surface area contributed by atoms with Crippen molar-refractivity contribution in [2.24, 2.45) is 4.74 Å². The molecule has 0 atom stereocenters. The summed E-state index contributed by atoms with van der Waals surface area (Å²) in [5.41, 5.74) is 0.0641. The molecule has 0 unspecified atom stereocenters. The third-order valence-corrected chi connectivity index (χ3v) is 20.2. The highest BCUT2D eigenvalue weighted by molar-refractivity contribution is 8.02. The Morgan fingerprint density at radius 2 is 0.944 bits per heavy atom. The van der Waals surface area contributed by atoms with Gasteiger partial charge >= 0.3 is 0 Å². The summed E-state index contributed by atoms with van der Waals surface area (Å²) in [6, 6.07) is 0. The van der Waals surface area contributed by atoms with Crippen molar-refractivity contribution in [3.8, 4) is 0 Å². The van der Waals surface area contributed by atoms with E-state index in [4.69, 9.17) is 4.74 Å². The van der Waals surface area contributed by atoms with Crippen LogP contribution in [0.2, 0.25) is 19.6 Å². The van der Waals surface area contributed by atoms with Crippen molar-refractivity contribution in [3.63, 3.8) is 0 Å². The van der Waals surface area contributed by atoms with Crippen molar-refractivity contribution in [1.82, 2.24) is 0 Å². The first kappa shape index (κ1) is 18.4. The molecule has 0 N–H and O–H groups in total. The van der Waals surface area contributed by atoms with Gasteiger partial charge in [-0.15, -0.1) is 0 Å². The Morgan fingerprint density at radius 1 is 0.667 bits per heavy atom. The van der Waals surface area contributed by atoms with Crippen LogP contribution in [0.4, 0.5) is 0 Å². The average molecular weight is 290 g/mol. The van der Waals surface area contributed by atoms with E-state index in [9.17, 15) is 0 Å². The van der Waals surface area contributed by atoms with Crippen LogP contribution in [0, 0.1) is 0 Å². The largest absolute Gasteiger partial charge is 0.301 e. The number of hydrogen-bond acceptors (Lipinski definition) is 1. The Morgan fingerprint density at radius 3 is 1.00 bits per heavy atom. The number of rotatable bonds is 1. The first-order valence-corrected chi connectivity index (χ1v) is 13.2. The summed E-state index contributed by atoms with van der Waals surface area (Å²) >= 11 is 0. The molecule has 0 amide bonds. The molecule has 0 spiro atoms. The molecule has 0 bridgehead atoms. The highest BCUT2D eigenvalue weighted by atomic mass is 31.4. The van der Waals surface area contributed by atoms with E-state index in [0.717, 1.165) is 0 Å². The Bertz CT molecular complexity index is 300. The SMILES string of the molecule is CC(C)(C)N=P(C(C)(C)C)(C(C)(C)C)[Si](C)(C)C. The maximum absolute atomic E-state index is 5.53. The van der Waals surface area contributed by atoms with Gasteiger partial charge in [-0.3, -0.25) is 0 Å². The Hall–Kier alpha value is 0.447. The van der Waals surface area contributed by atoms with E-state index >= 15 is 0 Å². The van der Waals surface area contributed by atoms with Crippen LogP contribution in [0.1, 0.15) is 62.3 Å². The molecule has 0 heterocycles. The monoisotopic (exact) mass is 289 g/mol. The van der Waals surface area contributed by atoms with E-state index < -0.39 is 14.3 Å². The van der Waals surface area contributed by atoms with E-state index in [1.165, 1.54) is 0 Å². The summed E-state index contributed by atoms with van der Waals surface area (Å²) in [7, 11) is -1.37. The Labute approximate surface area is 117 Å². The second-order valence-electron chi connectivity index (χ2n) is 9.42. The van der Waals surface area contributed by atoms with Crippen LogP contribution < -0.4 is 0 Å². The summed E-state index contributed by atoms with van der Waals surface area (Å²) in [6.45, 7) is 27.4. The van der Waals surface area contributed by atoms with E-state index in [1.54, 1.807) is 0 Å². The first-order valence-electron chi connectivity index (χ1n) is 7.09. The molecule has 0 saturated heterocycles. The predicted molar refractivity (Wildman–Crippen MR) is 92.0 cm³/mol. The molecular formula is C15H36NPSi. The van der Waals surface area contributed by atoms with Crippen LogP contribution in [0.5, 0.6) is 0 Å². The van der Waals surface area contributed by atoms with Gasteiger partial charge in [-0.1, -0.05) is 61.2 Å². The van der Waals surface area contributed by atoms with Crippen LogP contribution in [0.25, 0.3) is 0 Å². The maximum atomic E-state index is 5.53. The summed E-state index contributed by atoms with van der Waals surface area (Å²) in [6.07, 6.45) is 0. The van der Waals surface area contributed by atoms with Crippen molar-refractivity contribution >= 4 is 14.3 Å². The molecule has 18 heavy (non-hydrogen) atoms. The normalized spacial score (nSPS) is 15.8. The summed E-state index contributed by atoms with van der Waals surface area (Å²) in [5.74, 6) is 0. The Kier molecular flexibility index (Phi) is 4.89. The van der Waals surface area contributed by atoms with Crippen LogP contribution in [0.3, 0.4) is 0 Å². The molecule has 0 aliphatic carbocycles. The molecule has 3 heteroatoms. The molecule has 0 saturated carbocycles. The number of nitrogens with zero attached hydrogens (tertiary/aromatic N) is 1. The molecule has 0 rings (SSSR count). The van der Waals surface area contributed by atoms with Crippen LogP contribution in [0.15, 0.2) is 4.74 Å². The van der Waals surface area contributed by atoms with Crippen LogP contribution in [-0.4, -0.2) is 23.6 Å². The zero-order valence-electron chi connectivity index (χ0n) is 14.9. The standard InChI is InChI=1S/C15H36NPSi/c1-13(2,3)16-17(14(4,5)6,15(7,8)9)18(10,11)12/h1-12H3. The quantitative estimate of drug-likeness (QED) is 0.390. The van der Waals surface area contributed by atoms with Crippen molar-refractivity contribution < 1.29 is 0 Å². The average Bonchev–Trinajstić information content (AvgIpc) is 1.90. The molecule has 0 aromatic heterocycles. The lowest BCUT2D eigenvalue weighted by molar-refractivity contribution is 0.577. The molecule has 0 aromatic carbocycles. The van der Waals surface area contributed by atoms with Gasteiger partial charge in [-0.05, 0) is 37.7 Å². The summed E-state index contributed by atoms with van der Waals surface area (Å²) < 4.78 is 5.53. The lowest BCUT2D eigenvalue weighted by Crippen LogP contribution is -2.43. The van der Waals surface area contributed by atoms with Gasteiger partial charge in [-0.2, -0.15) is 0 Å². The van der Waals surface area contributed by atoms with Crippen molar-refractivity contribution in [2.45, 2.75) is 97.8 Å². The lowest BCUT2D eigenvalue weighted by Gasteiger charge is -2.55. The molecule has 0 aliphatic rings. The van der Waals surface area contributed by atoms with Crippen molar-refractivity contribution in [3.05, 3.63) is 0 Å². The molecule has 110 valence electrons. The fraction of sp³-hybridized carbons (Fsp3) is 1.00. The maximum Gasteiger partial charge on any atom is 0.0939 e. The summed E-state index contributed by atoms with van der Waals surface area (Å²) in [5, 5.41) is 0.589. The minimum absolute atomic E-state index is 0.0641. The molecular weight excluding hydrogens is 253 g/mol. The summed E-state index contributed by atoms with van der Waals surface area (Å²) in [4.78, 5) is 0. The topological polar surface area (TPSA) is 12.4 Å². The van der Waals surface area contributed by atoms with Crippen LogP contribution >= 0.6 is 6.60 Å². The smallest absolute Gasteiger partial charge is 0.0939 e. The van der Waals surface area contributed by atoms with E-state index in [-0.39, 0.29) is 5.54 Å². The molecule has 0 aromatic rings. The van der Waals surface area contributed by atoms with Crippen molar-refractivity contribution in [2.75, 3.05) is 0 Å². The second kappa shape index (κ2) is 4.77. The minimum atomic E-state index is -1.41. The van der Waals surface area contributed by atoms with Gasteiger partial charge in [-0.25, -0.2) is 0 Å². The zero-order chi connectivity index (χ0) is 15.2. The highest BCUT2D eigenvalue weighted by Gasteiger charge is 2.52. The molecule has 1 nitrogen and oxygen atoms in total. The molecule has 0 fully saturated rings. The van der Waals surface area contributed by atoms with E-state index in [2.05, 4.69) is 82.0 Å². The lowest BCUT2D eigenvalue weighted by atomic mass is 10.1. The third kappa shape index (κ3) is 3.51. The predicted octanol–water partition coefficient (Wildman–Crippen LogP) is 6.42. The Balaban J connectivity index is 6.59. The van der Waals surface area contributed by atoms with Gasteiger partial charge < -0.3 is 4.74 Å². The van der Waals surface area contributed by atoms with Gasteiger partial charge in [0.05, 0.1) is 13.3 Å². The van der Waals surface area contributed by atoms with Crippen LogP contribution in [-0.2, 0) is 0 Å². The first-order chi connectivity index (χ1) is 7.46. The van der Waals surface area contributed by atoms with E-state index in [0.29, 0.717) is 10.3 Å². The minimum Gasteiger partial charge on any atom is -0.301 e. The van der Waals surface area contributed by atoms with Gasteiger partial charge in [0, 0.05) is 0 Å². The highest BCUT2D eigenvalue weighted by Crippen LogP contribution is 2.75. The fourth-order valence-electron chi connectivity index (χ4n) is 3.92. The van der Waals surface area contributed by atoms with Crippen molar-refractivity contribution in [1.29, 1.82) is 0 Å².